The van der Waals surface area contributed by atoms with E-state index in [2.05, 4.69) is 33.9 Å². The summed E-state index contributed by atoms with van der Waals surface area (Å²) in [5.74, 6) is 0. The van der Waals surface area contributed by atoms with Gasteiger partial charge in [0.2, 0.25) is 0 Å². The van der Waals surface area contributed by atoms with Crippen molar-refractivity contribution in [2.45, 2.75) is 33.4 Å². The molecule has 4 nitrogen and oxygen atoms in total. The molecule has 0 spiro atoms. The van der Waals surface area contributed by atoms with Gasteiger partial charge in [-0.25, -0.2) is 4.98 Å². The van der Waals surface area contributed by atoms with Crippen molar-refractivity contribution in [3.63, 3.8) is 0 Å². The monoisotopic (exact) mass is 282 g/mol. The summed E-state index contributed by atoms with van der Waals surface area (Å²) >= 11 is 1.85. The van der Waals surface area contributed by atoms with E-state index in [1.54, 1.807) is 0 Å². The lowest BCUT2D eigenvalue weighted by Crippen LogP contribution is -2.45. The number of thiazole rings is 1. The normalized spacial score (nSPS) is 18.0. The summed E-state index contributed by atoms with van der Waals surface area (Å²) in [7, 11) is 0. The molecule has 5 heteroatoms. The standard InChI is InChI=1S/C14H26N4S/c1-3-5-15-10-13-11-16-14(19-13)12-18-8-6-17(4-2)7-9-18/h11,15H,3-10,12H2,1-2H3. The summed E-state index contributed by atoms with van der Waals surface area (Å²) in [6, 6.07) is 0. The highest BCUT2D eigenvalue weighted by Gasteiger charge is 2.16. The minimum atomic E-state index is 0.967. The molecule has 0 aliphatic carbocycles. The van der Waals surface area contributed by atoms with Gasteiger partial charge >= 0.3 is 0 Å². The molecular formula is C14H26N4S. The van der Waals surface area contributed by atoms with E-state index in [1.807, 2.05) is 17.5 Å². The molecule has 0 bridgehead atoms. The minimum absolute atomic E-state index is 0.967. The zero-order valence-corrected chi connectivity index (χ0v) is 13.0. The Bertz CT molecular complexity index is 358. The number of aromatic nitrogens is 1. The lowest BCUT2D eigenvalue weighted by molar-refractivity contribution is 0.132. The molecule has 0 aromatic carbocycles. The summed E-state index contributed by atoms with van der Waals surface area (Å²) < 4.78 is 0. The van der Waals surface area contributed by atoms with Gasteiger partial charge in [-0.2, -0.15) is 0 Å². The van der Waals surface area contributed by atoms with E-state index >= 15 is 0 Å². The second kappa shape index (κ2) is 7.94. The molecule has 0 unspecified atom stereocenters. The zero-order chi connectivity index (χ0) is 13.5. The first-order valence-electron chi connectivity index (χ1n) is 7.40. The van der Waals surface area contributed by atoms with Crippen molar-refractivity contribution in [2.24, 2.45) is 0 Å². The van der Waals surface area contributed by atoms with Crippen LogP contribution < -0.4 is 5.32 Å². The Morgan fingerprint density at radius 3 is 2.63 bits per heavy atom. The maximum absolute atomic E-state index is 4.55. The Labute approximate surface area is 120 Å². The van der Waals surface area contributed by atoms with E-state index in [0.29, 0.717) is 0 Å². The molecule has 0 radical (unpaired) electrons. The van der Waals surface area contributed by atoms with E-state index < -0.39 is 0 Å². The maximum atomic E-state index is 4.55. The van der Waals surface area contributed by atoms with Gasteiger partial charge in [-0.3, -0.25) is 4.90 Å². The molecule has 0 amide bonds. The van der Waals surface area contributed by atoms with Crippen molar-refractivity contribution in [1.29, 1.82) is 0 Å². The van der Waals surface area contributed by atoms with Crippen LogP contribution in [0.3, 0.4) is 0 Å². The quantitative estimate of drug-likeness (QED) is 0.773. The van der Waals surface area contributed by atoms with E-state index in [4.69, 9.17) is 0 Å². The zero-order valence-electron chi connectivity index (χ0n) is 12.2. The molecule has 1 fully saturated rings. The average molecular weight is 282 g/mol. The number of hydrogen-bond acceptors (Lipinski definition) is 5. The van der Waals surface area contributed by atoms with Crippen LogP contribution in [0.1, 0.15) is 30.2 Å². The Morgan fingerprint density at radius 1 is 1.21 bits per heavy atom. The molecule has 1 aliphatic rings. The summed E-state index contributed by atoms with van der Waals surface area (Å²) in [5.41, 5.74) is 0. The summed E-state index contributed by atoms with van der Waals surface area (Å²) in [5, 5.41) is 4.69. The van der Waals surface area contributed by atoms with Gasteiger partial charge in [0.1, 0.15) is 5.01 Å². The predicted molar refractivity (Wildman–Crippen MR) is 81.5 cm³/mol. The van der Waals surface area contributed by atoms with Crippen LogP contribution in [0.5, 0.6) is 0 Å². The third-order valence-corrected chi connectivity index (χ3v) is 4.58. The molecule has 2 rings (SSSR count). The smallest absolute Gasteiger partial charge is 0.107 e. The molecule has 1 N–H and O–H groups in total. The highest BCUT2D eigenvalue weighted by atomic mass is 32.1. The molecule has 19 heavy (non-hydrogen) atoms. The van der Waals surface area contributed by atoms with Crippen molar-refractivity contribution in [2.75, 3.05) is 39.3 Å². The van der Waals surface area contributed by atoms with Gasteiger partial charge in [0.05, 0.1) is 6.54 Å². The molecule has 1 saturated heterocycles. The van der Waals surface area contributed by atoms with Crippen molar-refractivity contribution in [3.05, 3.63) is 16.1 Å². The Kier molecular flexibility index (Phi) is 6.23. The first-order valence-corrected chi connectivity index (χ1v) is 8.22. The predicted octanol–water partition coefficient (Wildman–Crippen LogP) is 1.78. The Balaban J connectivity index is 1.74. The molecule has 0 atom stereocenters. The van der Waals surface area contributed by atoms with Gasteiger partial charge in [0, 0.05) is 43.8 Å². The molecule has 1 aromatic heterocycles. The van der Waals surface area contributed by atoms with Crippen molar-refractivity contribution < 1.29 is 0 Å². The van der Waals surface area contributed by atoms with Gasteiger partial charge in [-0.15, -0.1) is 11.3 Å². The molecule has 108 valence electrons. The van der Waals surface area contributed by atoms with Crippen LogP contribution in [-0.2, 0) is 13.1 Å². The molecular weight excluding hydrogens is 256 g/mol. The molecule has 2 heterocycles. The summed E-state index contributed by atoms with van der Waals surface area (Å²) in [6.45, 7) is 13.5. The summed E-state index contributed by atoms with van der Waals surface area (Å²) in [4.78, 5) is 10.9. The van der Waals surface area contributed by atoms with Crippen LogP contribution in [0, 0.1) is 0 Å². The third kappa shape index (κ3) is 4.84. The SMILES string of the molecule is CCCNCc1cnc(CN2CCN(CC)CC2)s1. The largest absolute Gasteiger partial charge is 0.312 e. The number of piperazine rings is 1. The second-order valence-corrected chi connectivity index (χ2v) is 6.31. The highest BCUT2D eigenvalue weighted by molar-refractivity contribution is 7.11. The minimum Gasteiger partial charge on any atom is -0.312 e. The maximum Gasteiger partial charge on any atom is 0.107 e. The second-order valence-electron chi connectivity index (χ2n) is 5.11. The van der Waals surface area contributed by atoms with Gasteiger partial charge in [-0.05, 0) is 19.5 Å². The van der Waals surface area contributed by atoms with Crippen LogP contribution in [0.15, 0.2) is 6.20 Å². The fourth-order valence-electron chi connectivity index (χ4n) is 2.35. The topological polar surface area (TPSA) is 31.4 Å². The van der Waals surface area contributed by atoms with Gasteiger partial charge in [0.25, 0.3) is 0 Å². The molecule has 1 aliphatic heterocycles. The van der Waals surface area contributed by atoms with Crippen molar-refractivity contribution in [3.8, 4) is 0 Å². The van der Waals surface area contributed by atoms with Crippen LogP contribution in [0.2, 0.25) is 0 Å². The van der Waals surface area contributed by atoms with Crippen molar-refractivity contribution >= 4 is 11.3 Å². The lowest BCUT2D eigenvalue weighted by Gasteiger charge is -2.33. The van der Waals surface area contributed by atoms with Crippen LogP contribution in [0.25, 0.3) is 0 Å². The van der Waals surface area contributed by atoms with Gasteiger partial charge in [0.15, 0.2) is 0 Å². The van der Waals surface area contributed by atoms with E-state index in [-0.39, 0.29) is 0 Å². The van der Waals surface area contributed by atoms with Gasteiger partial charge < -0.3 is 10.2 Å². The van der Waals surface area contributed by atoms with Gasteiger partial charge in [-0.1, -0.05) is 13.8 Å². The highest BCUT2D eigenvalue weighted by Crippen LogP contribution is 2.15. The number of hydrogen-bond donors (Lipinski definition) is 1. The number of nitrogens with one attached hydrogen (secondary N) is 1. The van der Waals surface area contributed by atoms with Crippen molar-refractivity contribution in [1.82, 2.24) is 20.1 Å². The number of rotatable bonds is 7. The Hall–Kier alpha value is -0.490. The molecule has 0 saturated carbocycles. The van der Waals surface area contributed by atoms with Crippen LogP contribution >= 0.6 is 11.3 Å². The first kappa shape index (κ1) is 14.9. The lowest BCUT2D eigenvalue weighted by atomic mass is 10.3. The average Bonchev–Trinajstić information content (AvgIpc) is 2.88. The van der Waals surface area contributed by atoms with Crippen LogP contribution in [-0.4, -0.2) is 54.1 Å². The van der Waals surface area contributed by atoms with Crippen LogP contribution in [0.4, 0.5) is 0 Å². The summed E-state index contributed by atoms with van der Waals surface area (Å²) in [6.07, 6.45) is 3.22. The van der Waals surface area contributed by atoms with E-state index in [0.717, 1.165) is 19.6 Å². The third-order valence-electron chi connectivity index (χ3n) is 3.60. The van der Waals surface area contributed by atoms with E-state index in [9.17, 15) is 0 Å². The van der Waals surface area contributed by atoms with E-state index in [1.165, 1.54) is 49.0 Å². The number of nitrogens with zero attached hydrogens (tertiary/aromatic N) is 3. The number of likely N-dealkylation sites (N-methyl/N-ethyl adjacent to an activating group) is 1. The Morgan fingerprint density at radius 2 is 1.95 bits per heavy atom. The molecule has 1 aromatic rings. The fourth-order valence-corrected chi connectivity index (χ4v) is 3.28. The first-order chi connectivity index (χ1) is 9.31. The fraction of sp³-hybridized carbons (Fsp3) is 0.786.